The largest absolute Gasteiger partial charge is 0.430 e. The van der Waals surface area contributed by atoms with Gasteiger partial charge in [0, 0.05) is 13.3 Å². The Morgan fingerprint density at radius 1 is 1.36 bits per heavy atom. The van der Waals surface area contributed by atoms with E-state index in [-0.39, 0.29) is 5.97 Å². The Morgan fingerprint density at radius 3 is 2.18 bits per heavy atom. The molecule has 0 aromatic rings. The first-order valence-electron chi connectivity index (χ1n) is 3.67. The van der Waals surface area contributed by atoms with Crippen molar-refractivity contribution in [3.63, 3.8) is 0 Å². The van der Waals surface area contributed by atoms with Crippen LogP contribution in [-0.2, 0) is 9.53 Å². The molecule has 0 saturated heterocycles. The van der Waals surface area contributed by atoms with Gasteiger partial charge in [-0.3, -0.25) is 4.79 Å². The van der Waals surface area contributed by atoms with Crippen molar-refractivity contribution < 1.29 is 9.53 Å². The lowest BCUT2D eigenvalue weighted by Crippen LogP contribution is -1.99. The molecule has 0 aromatic heterocycles. The molecule has 0 atom stereocenters. The van der Waals surface area contributed by atoms with E-state index in [4.69, 9.17) is 16.3 Å². The fourth-order valence-corrected chi connectivity index (χ4v) is 0.862. The van der Waals surface area contributed by atoms with Crippen molar-refractivity contribution in [2.45, 2.75) is 33.6 Å². The van der Waals surface area contributed by atoms with Crippen molar-refractivity contribution in [2.24, 2.45) is 0 Å². The Morgan fingerprint density at radius 2 is 1.91 bits per heavy atom. The lowest BCUT2D eigenvalue weighted by atomic mass is 10.3. The molecule has 64 valence electrons. The van der Waals surface area contributed by atoms with E-state index in [0.717, 1.165) is 0 Å². The van der Waals surface area contributed by atoms with Crippen LogP contribution in [0.15, 0.2) is 10.8 Å². The smallest absolute Gasteiger partial charge is 0.307 e. The SMILES string of the molecule is CC/C(Cl)=C(/CC)OC(C)=O. The second kappa shape index (κ2) is 5.19. The third kappa shape index (κ3) is 4.04. The van der Waals surface area contributed by atoms with E-state index in [0.29, 0.717) is 23.6 Å². The molecule has 0 rings (SSSR count). The van der Waals surface area contributed by atoms with Crippen LogP contribution in [0.1, 0.15) is 33.6 Å². The van der Waals surface area contributed by atoms with E-state index in [9.17, 15) is 4.79 Å². The summed E-state index contributed by atoms with van der Waals surface area (Å²) in [6.07, 6.45) is 1.37. The van der Waals surface area contributed by atoms with Crippen molar-refractivity contribution in [1.82, 2.24) is 0 Å². The standard InChI is InChI=1S/C8H13ClO2/c1-4-7(9)8(5-2)11-6(3)10/h4-5H2,1-3H3/b8-7+. The molecule has 0 aliphatic carbocycles. The van der Waals surface area contributed by atoms with Gasteiger partial charge >= 0.3 is 5.97 Å². The van der Waals surface area contributed by atoms with Crippen LogP contribution in [0, 0.1) is 0 Å². The van der Waals surface area contributed by atoms with Gasteiger partial charge in [-0.2, -0.15) is 0 Å². The zero-order chi connectivity index (χ0) is 8.85. The first-order valence-corrected chi connectivity index (χ1v) is 4.05. The van der Waals surface area contributed by atoms with Gasteiger partial charge in [0.2, 0.25) is 0 Å². The molecule has 0 bridgehead atoms. The Labute approximate surface area is 72.2 Å². The van der Waals surface area contributed by atoms with Crippen LogP contribution in [0.2, 0.25) is 0 Å². The summed E-state index contributed by atoms with van der Waals surface area (Å²) in [6.45, 7) is 5.19. The van der Waals surface area contributed by atoms with Gasteiger partial charge in [-0.15, -0.1) is 0 Å². The highest BCUT2D eigenvalue weighted by molar-refractivity contribution is 6.29. The summed E-state index contributed by atoms with van der Waals surface area (Å²) in [7, 11) is 0. The number of allylic oxidation sites excluding steroid dienone is 2. The molecule has 0 unspecified atom stereocenters. The molecule has 0 radical (unpaired) electrons. The molecule has 0 aliphatic heterocycles. The third-order valence-corrected chi connectivity index (χ3v) is 1.68. The van der Waals surface area contributed by atoms with Gasteiger partial charge < -0.3 is 4.74 Å². The average molecular weight is 177 g/mol. The van der Waals surface area contributed by atoms with E-state index >= 15 is 0 Å². The number of ether oxygens (including phenoxy) is 1. The van der Waals surface area contributed by atoms with Crippen LogP contribution in [0.5, 0.6) is 0 Å². The molecule has 2 nitrogen and oxygen atoms in total. The molecule has 0 spiro atoms. The number of hydrogen-bond acceptors (Lipinski definition) is 2. The summed E-state index contributed by atoms with van der Waals surface area (Å²) < 4.78 is 4.86. The van der Waals surface area contributed by atoms with Crippen LogP contribution in [0.3, 0.4) is 0 Å². The summed E-state index contributed by atoms with van der Waals surface area (Å²) in [6, 6.07) is 0. The summed E-state index contributed by atoms with van der Waals surface area (Å²) in [4.78, 5) is 10.5. The normalized spacial score (nSPS) is 12.4. The predicted octanol–water partition coefficient (Wildman–Crippen LogP) is 2.82. The van der Waals surface area contributed by atoms with Crippen LogP contribution >= 0.6 is 11.6 Å². The predicted molar refractivity (Wildman–Crippen MR) is 45.2 cm³/mol. The maximum Gasteiger partial charge on any atom is 0.307 e. The Bertz CT molecular complexity index is 173. The zero-order valence-electron chi connectivity index (χ0n) is 7.11. The number of halogens is 1. The third-order valence-electron chi connectivity index (χ3n) is 1.20. The van der Waals surface area contributed by atoms with Gasteiger partial charge in [0.15, 0.2) is 0 Å². The fourth-order valence-electron chi connectivity index (χ4n) is 0.690. The minimum Gasteiger partial charge on any atom is -0.430 e. The van der Waals surface area contributed by atoms with Gasteiger partial charge in [0.25, 0.3) is 0 Å². The van der Waals surface area contributed by atoms with Crippen LogP contribution in [0.4, 0.5) is 0 Å². The van der Waals surface area contributed by atoms with Gasteiger partial charge in [0.1, 0.15) is 5.76 Å². The maximum absolute atomic E-state index is 10.5. The Kier molecular flexibility index (Phi) is 4.95. The van der Waals surface area contributed by atoms with E-state index in [1.807, 2.05) is 13.8 Å². The molecule has 0 aliphatic rings. The molecule has 0 N–H and O–H groups in total. The van der Waals surface area contributed by atoms with Crippen molar-refractivity contribution in [1.29, 1.82) is 0 Å². The molecule has 3 heteroatoms. The Balaban J connectivity index is 4.26. The molecule has 0 amide bonds. The van der Waals surface area contributed by atoms with Crippen LogP contribution in [0.25, 0.3) is 0 Å². The molecule has 0 fully saturated rings. The van der Waals surface area contributed by atoms with Crippen molar-refractivity contribution in [3.8, 4) is 0 Å². The van der Waals surface area contributed by atoms with Crippen molar-refractivity contribution in [3.05, 3.63) is 10.8 Å². The van der Waals surface area contributed by atoms with Gasteiger partial charge in [-0.25, -0.2) is 0 Å². The monoisotopic (exact) mass is 176 g/mol. The van der Waals surface area contributed by atoms with Crippen molar-refractivity contribution in [2.75, 3.05) is 0 Å². The highest BCUT2D eigenvalue weighted by Crippen LogP contribution is 2.17. The summed E-state index contributed by atoms with van der Waals surface area (Å²) >= 11 is 5.78. The molecular formula is C8H13ClO2. The first kappa shape index (κ1) is 10.5. The number of carbonyl (C=O) groups is 1. The summed E-state index contributed by atoms with van der Waals surface area (Å²) in [5, 5.41) is 0.628. The second-order valence-corrected chi connectivity index (χ2v) is 2.59. The number of esters is 1. The lowest BCUT2D eigenvalue weighted by Gasteiger charge is -2.05. The molecule has 0 saturated carbocycles. The summed E-state index contributed by atoms with van der Waals surface area (Å²) in [5.41, 5.74) is 0. The minimum absolute atomic E-state index is 0.312. The minimum atomic E-state index is -0.312. The second-order valence-electron chi connectivity index (χ2n) is 2.13. The molecule has 0 heterocycles. The fraction of sp³-hybridized carbons (Fsp3) is 0.625. The van der Waals surface area contributed by atoms with Crippen molar-refractivity contribution >= 4 is 17.6 Å². The van der Waals surface area contributed by atoms with Gasteiger partial charge in [-0.1, -0.05) is 25.4 Å². The topological polar surface area (TPSA) is 26.3 Å². The Hall–Kier alpha value is -0.500. The molecule has 11 heavy (non-hydrogen) atoms. The van der Waals surface area contributed by atoms with E-state index < -0.39 is 0 Å². The first-order chi connectivity index (χ1) is 5.11. The maximum atomic E-state index is 10.5. The van der Waals surface area contributed by atoms with Gasteiger partial charge in [-0.05, 0) is 6.42 Å². The van der Waals surface area contributed by atoms with E-state index in [1.54, 1.807) is 0 Å². The highest BCUT2D eigenvalue weighted by atomic mass is 35.5. The quantitative estimate of drug-likeness (QED) is 0.488. The lowest BCUT2D eigenvalue weighted by molar-refractivity contribution is -0.137. The molecular weight excluding hydrogens is 164 g/mol. The van der Waals surface area contributed by atoms with E-state index in [1.165, 1.54) is 6.92 Å². The van der Waals surface area contributed by atoms with E-state index in [2.05, 4.69) is 0 Å². The number of hydrogen-bond donors (Lipinski definition) is 0. The number of rotatable bonds is 3. The van der Waals surface area contributed by atoms with Gasteiger partial charge in [0.05, 0.1) is 5.03 Å². The van der Waals surface area contributed by atoms with Crippen LogP contribution in [-0.4, -0.2) is 5.97 Å². The summed E-state index contributed by atoms with van der Waals surface area (Å²) in [5.74, 6) is 0.273. The van der Waals surface area contributed by atoms with Crippen LogP contribution < -0.4 is 0 Å². The average Bonchev–Trinajstić information content (AvgIpc) is 1.98. The molecule has 0 aromatic carbocycles. The highest BCUT2D eigenvalue weighted by Gasteiger charge is 2.04. The zero-order valence-corrected chi connectivity index (χ0v) is 7.86. The number of carbonyl (C=O) groups excluding carboxylic acids is 1.